The molecule has 0 atom stereocenters. The predicted octanol–water partition coefficient (Wildman–Crippen LogP) is 18.5. The molecular formula is C74H74BN3. The van der Waals surface area contributed by atoms with E-state index < -0.39 is 0 Å². The standard InChI is InChI=1S/C74H74BN3/c1-48-39-57-59(72(7,8)38-37-71(57,5)6)45-65(48)78-64-35-33-51(49-25-17-13-18-26-49)40-61(64)75-62-44-58-60(74(11,12)47-73(58,9)10)46-66(62)77(63-36-34-52(70(2,3)4)41-56(63)50-27-19-14-20-28-50)67-42-55(43-68(78)69(67)75)76(53-29-21-15-22-30-53)54-31-23-16-24-32-54/h13-36,39-46H,37-38,47H2,1-12H3. The molecule has 9 aromatic rings. The molecule has 0 unspecified atom stereocenters. The van der Waals surface area contributed by atoms with E-state index in [1.165, 1.54) is 113 Å². The van der Waals surface area contributed by atoms with Gasteiger partial charge >= 0.3 is 0 Å². The minimum absolute atomic E-state index is 0.00801. The largest absolute Gasteiger partial charge is 0.311 e. The molecule has 9 aromatic carbocycles. The highest BCUT2D eigenvalue weighted by atomic mass is 15.2. The van der Waals surface area contributed by atoms with Gasteiger partial charge in [-0.05, 0) is 186 Å². The molecule has 0 saturated carbocycles. The fourth-order valence-corrected chi connectivity index (χ4v) is 14.5. The van der Waals surface area contributed by atoms with Crippen molar-refractivity contribution in [3.05, 3.63) is 228 Å². The first kappa shape index (κ1) is 50.0. The predicted molar refractivity (Wildman–Crippen MR) is 335 cm³/mol. The molecule has 0 spiro atoms. The van der Waals surface area contributed by atoms with E-state index in [9.17, 15) is 0 Å². The second-order valence-corrected chi connectivity index (χ2v) is 26.8. The van der Waals surface area contributed by atoms with Crippen molar-refractivity contribution in [3.8, 4) is 22.3 Å². The summed E-state index contributed by atoms with van der Waals surface area (Å²) in [5.41, 5.74) is 28.0. The molecule has 4 aliphatic rings. The number of anilines is 9. The van der Waals surface area contributed by atoms with Gasteiger partial charge in [-0.1, -0.05) is 204 Å². The molecule has 13 rings (SSSR count). The zero-order chi connectivity index (χ0) is 54.3. The Morgan fingerprint density at radius 2 is 0.872 bits per heavy atom. The van der Waals surface area contributed by atoms with Gasteiger partial charge < -0.3 is 14.7 Å². The SMILES string of the molecule is Cc1cc2c(cc1N1c3ccc(-c4ccccc4)cc3B3c4cc5c(cc4N(c4ccc(C(C)(C)C)cc4-c4ccccc4)c4cc(N(c6ccccc6)c6ccccc6)cc1c43)C(C)(C)CC5(C)C)C(C)(C)CCC2(C)C. The number of fused-ring (bicyclic) bond motifs is 6. The summed E-state index contributed by atoms with van der Waals surface area (Å²) in [5, 5.41) is 0. The third-order valence-electron chi connectivity index (χ3n) is 18.5. The van der Waals surface area contributed by atoms with Gasteiger partial charge in [0, 0.05) is 45.4 Å². The summed E-state index contributed by atoms with van der Waals surface area (Å²) in [6, 6.07) is 74.4. The van der Waals surface area contributed by atoms with Crippen LogP contribution in [0.25, 0.3) is 22.3 Å². The van der Waals surface area contributed by atoms with Gasteiger partial charge in [0.1, 0.15) is 0 Å². The summed E-state index contributed by atoms with van der Waals surface area (Å²) in [5.74, 6) is 0. The van der Waals surface area contributed by atoms with Crippen LogP contribution >= 0.6 is 0 Å². The van der Waals surface area contributed by atoms with Crippen LogP contribution in [0.5, 0.6) is 0 Å². The van der Waals surface area contributed by atoms with Crippen LogP contribution in [0.2, 0.25) is 0 Å². The number of benzene rings is 9. The van der Waals surface area contributed by atoms with Crippen molar-refractivity contribution >= 4 is 74.3 Å². The van der Waals surface area contributed by atoms with Gasteiger partial charge in [0.15, 0.2) is 0 Å². The smallest absolute Gasteiger partial charge is 0.252 e. The summed E-state index contributed by atoms with van der Waals surface area (Å²) >= 11 is 0. The average molecular weight is 1020 g/mol. The lowest BCUT2D eigenvalue weighted by atomic mass is 9.33. The molecule has 0 fully saturated rings. The molecule has 388 valence electrons. The van der Waals surface area contributed by atoms with Crippen LogP contribution in [0.1, 0.15) is 129 Å². The Balaban J connectivity index is 1.22. The zero-order valence-corrected chi connectivity index (χ0v) is 48.0. The normalized spacial score (nSPS) is 16.9. The van der Waals surface area contributed by atoms with Crippen molar-refractivity contribution in [2.24, 2.45) is 0 Å². The van der Waals surface area contributed by atoms with Crippen molar-refractivity contribution in [3.63, 3.8) is 0 Å². The highest BCUT2D eigenvalue weighted by molar-refractivity contribution is 7.00. The van der Waals surface area contributed by atoms with E-state index in [4.69, 9.17) is 0 Å². The van der Waals surface area contributed by atoms with Crippen molar-refractivity contribution in [2.75, 3.05) is 14.7 Å². The van der Waals surface area contributed by atoms with Crippen molar-refractivity contribution in [2.45, 2.75) is 129 Å². The zero-order valence-electron chi connectivity index (χ0n) is 48.0. The van der Waals surface area contributed by atoms with Crippen LogP contribution in [0.15, 0.2) is 194 Å². The van der Waals surface area contributed by atoms with E-state index in [1.54, 1.807) is 0 Å². The van der Waals surface area contributed by atoms with Crippen molar-refractivity contribution in [1.29, 1.82) is 0 Å². The minimum Gasteiger partial charge on any atom is -0.311 e. The number of para-hydroxylation sites is 2. The van der Waals surface area contributed by atoms with Gasteiger partial charge in [0.2, 0.25) is 0 Å². The number of nitrogens with zero attached hydrogens (tertiary/aromatic N) is 3. The van der Waals surface area contributed by atoms with E-state index in [0.717, 1.165) is 29.9 Å². The Kier molecular flexibility index (Phi) is 11.4. The molecule has 0 amide bonds. The van der Waals surface area contributed by atoms with Crippen LogP contribution in [0, 0.1) is 6.92 Å². The van der Waals surface area contributed by atoms with Crippen LogP contribution in [-0.2, 0) is 27.1 Å². The number of hydrogen-bond acceptors (Lipinski definition) is 3. The second kappa shape index (κ2) is 17.7. The van der Waals surface area contributed by atoms with E-state index in [2.05, 4.69) is 292 Å². The molecule has 0 N–H and O–H groups in total. The van der Waals surface area contributed by atoms with Crippen LogP contribution in [-0.4, -0.2) is 6.71 Å². The molecule has 4 heteroatoms. The number of hydrogen-bond donors (Lipinski definition) is 0. The lowest BCUT2D eigenvalue weighted by Gasteiger charge is -2.47. The van der Waals surface area contributed by atoms with E-state index >= 15 is 0 Å². The molecule has 0 radical (unpaired) electrons. The second-order valence-electron chi connectivity index (χ2n) is 26.8. The molecule has 2 aliphatic heterocycles. The quantitative estimate of drug-likeness (QED) is 0.147. The summed E-state index contributed by atoms with van der Waals surface area (Å²) < 4.78 is 0. The highest BCUT2D eigenvalue weighted by Gasteiger charge is 2.49. The van der Waals surface area contributed by atoms with E-state index in [0.29, 0.717) is 0 Å². The third-order valence-corrected chi connectivity index (χ3v) is 18.5. The van der Waals surface area contributed by atoms with E-state index in [1.807, 2.05) is 0 Å². The maximum absolute atomic E-state index is 2.70. The summed E-state index contributed by atoms with van der Waals surface area (Å²) in [7, 11) is 0. The fourth-order valence-electron chi connectivity index (χ4n) is 14.5. The lowest BCUT2D eigenvalue weighted by molar-refractivity contribution is 0.332. The molecule has 78 heavy (non-hydrogen) atoms. The average Bonchev–Trinajstić information content (AvgIpc) is 3.40. The number of aryl methyl sites for hydroxylation is 1. The lowest BCUT2D eigenvalue weighted by Crippen LogP contribution is -2.61. The van der Waals surface area contributed by atoms with Crippen molar-refractivity contribution in [1.82, 2.24) is 0 Å². The summed E-state index contributed by atoms with van der Waals surface area (Å²) in [6.07, 6.45) is 3.39. The molecule has 2 heterocycles. The van der Waals surface area contributed by atoms with Gasteiger partial charge in [-0.3, -0.25) is 0 Å². The first-order valence-corrected chi connectivity index (χ1v) is 28.6. The first-order valence-electron chi connectivity index (χ1n) is 28.6. The monoisotopic (exact) mass is 1020 g/mol. The molecule has 3 nitrogen and oxygen atoms in total. The molecule has 0 bridgehead atoms. The first-order chi connectivity index (χ1) is 37.2. The molecular weight excluding hydrogens is 942 g/mol. The van der Waals surface area contributed by atoms with Gasteiger partial charge in [-0.25, -0.2) is 0 Å². The molecule has 0 aromatic heterocycles. The minimum atomic E-state index is -0.0840. The van der Waals surface area contributed by atoms with Gasteiger partial charge in [-0.2, -0.15) is 0 Å². The van der Waals surface area contributed by atoms with Crippen LogP contribution < -0.4 is 31.1 Å². The fraction of sp³-hybridized carbons (Fsp3) is 0.270. The van der Waals surface area contributed by atoms with Gasteiger partial charge in [0.25, 0.3) is 6.71 Å². The Labute approximate surface area is 465 Å². The Morgan fingerprint density at radius 3 is 1.45 bits per heavy atom. The highest BCUT2D eigenvalue weighted by Crippen LogP contribution is 2.56. The maximum atomic E-state index is 2.70. The van der Waals surface area contributed by atoms with Gasteiger partial charge in [-0.15, -0.1) is 0 Å². The molecule has 0 saturated heterocycles. The van der Waals surface area contributed by atoms with Crippen molar-refractivity contribution < 1.29 is 0 Å². The number of rotatable bonds is 7. The van der Waals surface area contributed by atoms with E-state index in [-0.39, 0.29) is 33.8 Å². The third kappa shape index (κ3) is 7.99. The topological polar surface area (TPSA) is 9.72 Å². The molecule has 2 aliphatic carbocycles. The van der Waals surface area contributed by atoms with Gasteiger partial charge in [0.05, 0.1) is 11.4 Å². The van der Waals surface area contributed by atoms with Crippen LogP contribution in [0.4, 0.5) is 51.2 Å². The Morgan fingerprint density at radius 1 is 0.397 bits per heavy atom. The van der Waals surface area contributed by atoms with Crippen LogP contribution in [0.3, 0.4) is 0 Å². The maximum Gasteiger partial charge on any atom is 0.252 e. The summed E-state index contributed by atoms with van der Waals surface area (Å²) in [6.45, 7) is 29.1. The Hall–Kier alpha value is -7.56. The summed E-state index contributed by atoms with van der Waals surface area (Å²) in [4.78, 5) is 7.87. The Bertz CT molecular complexity index is 3790.